The summed E-state index contributed by atoms with van der Waals surface area (Å²) in [7, 11) is 0. The van der Waals surface area contributed by atoms with Crippen LogP contribution in [0.3, 0.4) is 0 Å². The number of anilines is 2. The molecule has 3 amide bonds. The van der Waals surface area contributed by atoms with E-state index in [0.717, 1.165) is 6.07 Å². The van der Waals surface area contributed by atoms with Gasteiger partial charge in [0.05, 0.1) is 24.5 Å². The molecule has 1 aliphatic rings. The Kier molecular flexibility index (Phi) is 5.30. The van der Waals surface area contributed by atoms with Crippen molar-refractivity contribution in [2.24, 2.45) is 0 Å². The van der Waals surface area contributed by atoms with Crippen molar-refractivity contribution in [1.29, 1.82) is 0 Å². The van der Waals surface area contributed by atoms with E-state index >= 15 is 0 Å². The number of halogens is 1. The van der Waals surface area contributed by atoms with Crippen molar-refractivity contribution < 1.29 is 23.5 Å². The van der Waals surface area contributed by atoms with Gasteiger partial charge >= 0.3 is 6.09 Å². The predicted octanol–water partition coefficient (Wildman–Crippen LogP) is 1.93. The van der Waals surface area contributed by atoms with Crippen LogP contribution in [0.15, 0.2) is 42.6 Å². The monoisotopic (exact) mass is 372 g/mol. The zero-order valence-corrected chi connectivity index (χ0v) is 14.4. The van der Waals surface area contributed by atoms with Crippen LogP contribution in [0.4, 0.5) is 20.6 Å². The first-order valence-electron chi connectivity index (χ1n) is 8.18. The fraction of sp³-hybridized carbons (Fsp3) is 0.222. The lowest BCUT2D eigenvalue weighted by Gasteiger charge is -2.14. The number of carbonyl (C=O) groups is 3. The molecule has 1 aliphatic heterocycles. The molecule has 1 aromatic carbocycles. The van der Waals surface area contributed by atoms with Crippen molar-refractivity contribution >= 4 is 29.3 Å². The van der Waals surface area contributed by atoms with Crippen LogP contribution in [0.25, 0.3) is 0 Å². The first-order valence-corrected chi connectivity index (χ1v) is 8.18. The van der Waals surface area contributed by atoms with E-state index in [0.29, 0.717) is 5.69 Å². The van der Waals surface area contributed by atoms with Crippen LogP contribution in [0.5, 0.6) is 0 Å². The van der Waals surface area contributed by atoms with E-state index in [-0.39, 0.29) is 30.4 Å². The average molecular weight is 372 g/mol. The van der Waals surface area contributed by atoms with Crippen molar-refractivity contribution in [2.75, 3.05) is 23.3 Å². The lowest BCUT2D eigenvalue weighted by Crippen LogP contribution is -2.33. The molecule has 1 atom stereocenters. The summed E-state index contributed by atoms with van der Waals surface area (Å²) in [5.74, 6) is -1.48. The van der Waals surface area contributed by atoms with Gasteiger partial charge < -0.3 is 15.4 Å². The van der Waals surface area contributed by atoms with Crippen LogP contribution >= 0.6 is 0 Å². The quantitative estimate of drug-likeness (QED) is 0.835. The zero-order valence-electron chi connectivity index (χ0n) is 14.4. The Balaban J connectivity index is 1.68. The summed E-state index contributed by atoms with van der Waals surface area (Å²) in [6.45, 7) is 1.72. The Morgan fingerprint density at radius 3 is 2.81 bits per heavy atom. The number of hydrogen-bond acceptors (Lipinski definition) is 5. The van der Waals surface area contributed by atoms with Gasteiger partial charge in [-0.05, 0) is 30.3 Å². The van der Waals surface area contributed by atoms with Gasteiger partial charge in [-0.3, -0.25) is 19.5 Å². The summed E-state index contributed by atoms with van der Waals surface area (Å²) in [6.07, 6.45) is 0.313. The van der Waals surface area contributed by atoms with E-state index in [1.165, 1.54) is 36.2 Å². The summed E-state index contributed by atoms with van der Waals surface area (Å²) in [6, 6.07) is 8.82. The van der Waals surface area contributed by atoms with Crippen molar-refractivity contribution in [2.45, 2.75) is 13.0 Å². The summed E-state index contributed by atoms with van der Waals surface area (Å²) in [4.78, 5) is 40.2. The summed E-state index contributed by atoms with van der Waals surface area (Å²) < 4.78 is 19.5. The summed E-state index contributed by atoms with van der Waals surface area (Å²) >= 11 is 0. The maximum Gasteiger partial charge on any atom is 0.414 e. The SMILES string of the molecule is CC(=O)NC[C@H]1CN(c2ccc(NC(=O)c3ccccn3)c(F)c2)C(=O)O1. The standard InChI is InChI=1S/C18H17FN4O4/c1-11(24)21-9-13-10-23(18(26)27-13)12-5-6-15(14(19)8-12)22-17(25)16-4-2-3-7-20-16/h2-8,13H,9-10H2,1H3,(H,21,24)(H,22,25)/t13-/m0/s1. The number of aromatic nitrogens is 1. The van der Waals surface area contributed by atoms with Gasteiger partial charge in [0.15, 0.2) is 0 Å². The molecule has 1 fully saturated rings. The molecule has 0 radical (unpaired) electrons. The number of benzene rings is 1. The Labute approximate surface area is 154 Å². The van der Waals surface area contributed by atoms with Crippen molar-refractivity contribution in [3.05, 3.63) is 54.1 Å². The highest BCUT2D eigenvalue weighted by Gasteiger charge is 2.32. The fourth-order valence-electron chi connectivity index (χ4n) is 2.55. The molecule has 0 spiro atoms. The normalized spacial score (nSPS) is 16.0. The number of rotatable bonds is 5. The van der Waals surface area contributed by atoms with Crippen LogP contribution in [0.1, 0.15) is 17.4 Å². The summed E-state index contributed by atoms with van der Waals surface area (Å²) in [5.41, 5.74) is 0.417. The number of nitrogens with one attached hydrogen (secondary N) is 2. The summed E-state index contributed by atoms with van der Waals surface area (Å²) in [5, 5.41) is 5.01. The van der Waals surface area contributed by atoms with E-state index < -0.39 is 23.9 Å². The van der Waals surface area contributed by atoms with Gasteiger partial charge in [-0.25, -0.2) is 9.18 Å². The molecule has 140 valence electrons. The van der Waals surface area contributed by atoms with Crippen LogP contribution in [-0.2, 0) is 9.53 Å². The van der Waals surface area contributed by atoms with Gasteiger partial charge in [-0.15, -0.1) is 0 Å². The van der Waals surface area contributed by atoms with E-state index in [1.54, 1.807) is 12.1 Å². The third-order valence-corrected chi connectivity index (χ3v) is 3.86. The predicted molar refractivity (Wildman–Crippen MR) is 94.9 cm³/mol. The maximum absolute atomic E-state index is 14.4. The van der Waals surface area contributed by atoms with Crippen LogP contribution < -0.4 is 15.5 Å². The van der Waals surface area contributed by atoms with Gasteiger partial charge in [0.2, 0.25) is 5.91 Å². The number of cyclic esters (lactones) is 1. The maximum atomic E-state index is 14.4. The molecule has 0 unspecified atom stereocenters. The van der Waals surface area contributed by atoms with Gasteiger partial charge in [0.25, 0.3) is 5.91 Å². The number of ether oxygens (including phenoxy) is 1. The highest BCUT2D eigenvalue weighted by Crippen LogP contribution is 2.26. The smallest absolute Gasteiger partial charge is 0.414 e. The molecular weight excluding hydrogens is 355 g/mol. The van der Waals surface area contributed by atoms with Crippen LogP contribution in [-0.4, -0.2) is 42.1 Å². The van der Waals surface area contributed by atoms with Gasteiger partial charge in [-0.1, -0.05) is 6.07 Å². The van der Waals surface area contributed by atoms with E-state index in [2.05, 4.69) is 15.6 Å². The van der Waals surface area contributed by atoms with Gasteiger partial charge in [0, 0.05) is 13.1 Å². The third kappa shape index (κ3) is 4.38. The minimum atomic E-state index is -0.699. The number of amides is 3. The van der Waals surface area contributed by atoms with Crippen molar-refractivity contribution in [1.82, 2.24) is 10.3 Å². The molecule has 1 saturated heterocycles. The Morgan fingerprint density at radius 2 is 2.15 bits per heavy atom. The highest BCUT2D eigenvalue weighted by atomic mass is 19.1. The molecule has 9 heteroatoms. The largest absolute Gasteiger partial charge is 0.442 e. The molecule has 3 rings (SSSR count). The van der Waals surface area contributed by atoms with Gasteiger partial charge in [-0.2, -0.15) is 0 Å². The lowest BCUT2D eigenvalue weighted by atomic mass is 10.2. The highest BCUT2D eigenvalue weighted by molar-refractivity contribution is 6.03. The number of hydrogen-bond donors (Lipinski definition) is 2. The first kappa shape index (κ1) is 18.3. The van der Waals surface area contributed by atoms with Crippen molar-refractivity contribution in [3.63, 3.8) is 0 Å². The van der Waals surface area contributed by atoms with Crippen LogP contribution in [0.2, 0.25) is 0 Å². The van der Waals surface area contributed by atoms with Gasteiger partial charge in [0.1, 0.15) is 17.6 Å². The minimum absolute atomic E-state index is 0.0308. The van der Waals surface area contributed by atoms with E-state index in [1.807, 2.05) is 0 Å². The minimum Gasteiger partial charge on any atom is -0.442 e. The van der Waals surface area contributed by atoms with Crippen LogP contribution in [0, 0.1) is 5.82 Å². The topological polar surface area (TPSA) is 101 Å². The molecule has 1 aromatic heterocycles. The van der Waals surface area contributed by atoms with E-state index in [9.17, 15) is 18.8 Å². The molecule has 2 aromatic rings. The molecule has 27 heavy (non-hydrogen) atoms. The lowest BCUT2D eigenvalue weighted by molar-refractivity contribution is -0.119. The molecular formula is C18H17FN4O4. The molecule has 0 aliphatic carbocycles. The molecule has 0 saturated carbocycles. The van der Waals surface area contributed by atoms with Crippen molar-refractivity contribution in [3.8, 4) is 0 Å². The second-order valence-electron chi connectivity index (χ2n) is 5.89. The molecule has 0 bridgehead atoms. The molecule has 2 N–H and O–H groups in total. The molecule has 2 heterocycles. The van der Waals surface area contributed by atoms with E-state index in [4.69, 9.17) is 4.74 Å². The first-order chi connectivity index (χ1) is 12.9. The Morgan fingerprint density at radius 1 is 1.33 bits per heavy atom. The number of pyridine rings is 1. The second-order valence-corrected chi connectivity index (χ2v) is 5.89. The fourth-order valence-corrected chi connectivity index (χ4v) is 2.55. The number of carbonyl (C=O) groups excluding carboxylic acids is 3. The Bertz CT molecular complexity index is 875. The zero-order chi connectivity index (χ0) is 19.4. The third-order valence-electron chi connectivity index (χ3n) is 3.86. The number of nitrogens with zero attached hydrogens (tertiary/aromatic N) is 2. The molecule has 8 nitrogen and oxygen atoms in total. The average Bonchev–Trinajstić information content (AvgIpc) is 3.03. The second kappa shape index (κ2) is 7.81. The Hall–Kier alpha value is -3.49.